The molecule has 1 aromatic carbocycles. The Hall–Kier alpha value is -1.98. The summed E-state index contributed by atoms with van der Waals surface area (Å²) in [5, 5.41) is 10.5. The Labute approximate surface area is 73.0 Å². The summed E-state index contributed by atoms with van der Waals surface area (Å²) in [5.74, 6) is -0.412. The summed E-state index contributed by atoms with van der Waals surface area (Å²) < 4.78 is 14.2. The Morgan fingerprint density at radius 3 is 2.77 bits per heavy atom. The average molecular weight is 179 g/mol. The van der Waals surface area contributed by atoms with Crippen molar-refractivity contribution in [3.63, 3.8) is 0 Å². The van der Waals surface area contributed by atoms with E-state index in [9.17, 15) is 4.39 Å². The highest BCUT2D eigenvalue weighted by atomic mass is 19.1. The third kappa shape index (κ3) is 1.46. The first kappa shape index (κ1) is 7.66. The second-order valence-corrected chi connectivity index (χ2v) is 2.50. The summed E-state index contributed by atoms with van der Waals surface area (Å²) in [5.41, 5.74) is 6.28. The van der Waals surface area contributed by atoms with Crippen molar-refractivity contribution in [2.45, 2.75) is 0 Å². The smallest absolute Gasteiger partial charge is 0.143 e. The number of hydrogen-bond donors (Lipinski definition) is 1. The fraction of sp³-hybridized carbons (Fsp3) is 0. The van der Waals surface area contributed by atoms with E-state index in [4.69, 9.17) is 5.73 Å². The van der Waals surface area contributed by atoms with Gasteiger partial charge in [-0.3, -0.25) is 0 Å². The van der Waals surface area contributed by atoms with Crippen LogP contribution in [0.5, 0.6) is 0 Å². The van der Waals surface area contributed by atoms with E-state index in [0.717, 1.165) is 0 Å². The van der Waals surface area contributed by atoms with Gasteiger partial charge in [0.2, 0.25) is 0 Å². The van der Waals surface area contributed by atoms with E-state index in [-0.39, 0.29) is 0 Å². The van der Waals surface area contributed by atoms with E-state index in [1.807, 2.05) is 0 Å². The number of benzene rings is 1. The van der Waals surface area contributed by atoms with E-state index in [2.05, 4.69) is 15.5 Å². The molecular weight excluding hydrogens is 173 g/mol. The molecular formula is C7H6FN5. The normalized spacial score (nSPS) is 10.2. The lowest BCUT2D eigenvalue weighted by molar-refractivity contribution is 0.625. The Balaban J connectivity index is 2.53. The SMILES string of the molecule is Nc1cc(F)cc(-n2cnnn2)c1. The molecule has 1 aromatic heterocycles. The highest BCUT2D eigenvalue weighted by Crippen LogP contribution is 2.12. The Kier molecular flexibility index (Phi) is 1.66. The first-order valence-corrected chi connectivity index (χ1v) is 3.55. The van der Waals surface area contributed by atoms with Gasteiger partial charge in [-0.15, -0.1) is 5.10 Å². The van der Waals surface area contributed by atoms with Gasteiger partial charge in [0.05, 0.1) is 5.69 Å². The molecule has 2 aromatic rings. The zero-order valence-corrected chi connectivity index (χ0v) is 6.55. The third-order valence-corrected chi connectivity index (χ3v) is 1.52. The zero-order valence-electron chi connectivity index (χ0n) is 6.55. The predicted molar refractivity (Wildman–Crippen MR) is 43.5 cm³/mol. The van der Waals surface area contributed by atoms with Crippen molar-refractivity contribution in [2.75, 3.05) is 5.73 Å². The number of nitrogens with two attached hydrogens (primary N) is 1. The molecule has 0 saturated carbocycles. The van der Waals surface area contributed by atoms with Crippen molar-refractivity contribution in [3.8, 4) is 5.69 Å². The van der Waals surface area contributed by atoms with Crippen LogP contribution >= 0.6 is 0 Å². The second-order valence-electron chi connectivity index (χ2n) is 2.50. The molecule has 0 saturated heterocycles. The largest absolute Gasteiger partial charge is 0.399 e. The summed E-state index contributed by atoms with van der Waals surface area (Å²) in [6, 6.07) is 4.11. The number of anilines is 1. The minimum atomic E-state index is -0.412. The van der Waals surface area contributed by atoms with Crippen LogP contribution in [-0.4, -0.2) is 20.2 Å². The molecule has 0 aliphatic heterocycles. The fourth-order valence-corrected chi connectivity index (χ4v) is 1.01. The number of rotatable bonds is 1. The van der Waals surface area contributed by atoms with E-state index in [0.29, 0.717) is 11.4 Å². The van der Waals surface area contributed by atoms with Crippen LogP contribution in [-0.2, 0) is 0 Å². The van der Waals surface area contributed by atoms with Gasteiger partial charge in [0.15, 0.2) is 0 Å². The number of halogens is 1. The molecule has 1 heterocycles. The van der Waals surface area contributed by atoms with Gasteiger partial charge in [0.1, 0.15) is 12.1 Å². The van der Waals surface area contributed by atoms with Gasteiger partial charge in [-0.05, 0) is 28.6 Å². The maximum Gasteiger partial charge on any atom is 0.143 e. The fourth-order valence-electron chi connectivity index (χ4n) is 1.01. The van der Waals surface area contributed by atoms with Crippen LogP contribution in [0.4, 0.5) is 10.1 Å². The quantitative estimate of drug-likeness (QED) is 0.642. The van der Waals surface area contributed by atoms with E-state index in [1.165, 1.54) is 23.1 Å². The van der Waals surface area contributed by atoms with Gasteiger partial charge >= 0.3 is 0 Å². The van der Waals surface area contributed by atoms with Gasteiger partial charge in [-0.2, -0.15) is 0 Å². The van der Waals surface area contributed by atoms with Crippen LogP contribution in [0, 0.1) is 5.82 Å². The van der Waals surface area contributed by atoms with Gasteiger partial charge in [-0.1, -0.05) is 0 Å². The molecule has 0 atom stereocenters. The third-order valence-electron chi connectivity index (χ3n) is 1.52. The van der Waals surface area contributed by atoms with E-state index < -0.39 is 5.82 Å². The summed E-state index contributed by atoms with van der Waals surface area (Å²) in [6.07, 6.45) is 1.37. The Morgan fingerprint density at radius 1 is 1.31 bits per heavy atom. The molecule has 2 N–H and O–H groups in total. The number of hydrogen-bond acceptors (Lipinski definition) is 4. The van der Waals surface area contributed by atoms with Crippen molar-refractivity contribution in [3.05, 3.63) is 30.3 Å². The van der Waals surface area contributed by atoms with Crippen molar-refractivity contribution >= 4 is 5.69 Å². The number of aromatic nitrogens is 4. The van der Waals surface area contributed by atoms with Crippen LogP contribution in [0.3, 0.4) is 0 Å². The molecule has 0 bridgehead atoms. The molecule has 5 nitrogen and oxygen atoms in total. The summed E-state index contributed by atoms with van der Waals surface area (Å²) in [4.78, 5) is 0. The predicted octanol–water partition coefficient (Wildman–Crippen LogP) is 0.384. The standard InChI is InChI=1S/C7H6FN5/c8-5-1-6(9)3-7(2-5)13-4-10-11-12-13/h1-4H,9H2. The van der Waals surface area contributed by atoms with Crippen molar-refractivity contribution < 1.29 is 4.39 Å². The Morgan fingerprint density at radius 2 is 2.15 bits per heavy atom. The topological polar surface area (TPSA) is 69.6 Å². The lowest BCUT2D eigenvalue weighted by Gasteiger charge is -2.00. The van der Waals surface area contributed by atoms with Crippen molar-refractivity contribution in [1.29, 1.82) is 0 Å². The molecule has 0 radical (unpaired) electrons. The Bertz CT molecular complexity index is 391. The van der Waals surface area contributed by atoms with Crippen LogP contribution in [0.15, 0.2) is 24.5 Å². The second kappa shape index (κ2) is 2.81. The summed E-state index contributed by atoms with van der Waals surface area (Å²) in [6.45, 7) is 0. The lowest BCUT2D eigenvalue weighted by atomic mass is 10.3. The van der Waals surface area contributed by atoms with Crippen molar-refractivity contribution in [2.24, 2.45) is 0 Å². The van der Waals surface area contributed by atoms with Crippen LogP contribution in [0.2, 0.25) is 0 Å². The molecule has 0 fully saturated rings. The van der Waals surface area contributed by atoms with Gasteiger partial charge in [-0.25, -0.2) is 9.07 Å². The molecule has 0 unspecified atom stereocenters. The molecule has 2 rings (SSSR count). The highest BCUT2D eigenvalue weighted by molar-refractivity contribution is 5.47. The van der Waals surface area contributed by atoms with E-state index >= 15 is 0 Å². The minimum Gasteiger partial charge on any atom is -0.399 e. The molecule has 0 amide bonds. The molecule has 6 heteroatoms. The molecule has 13 heavy (non-hydrogen) atoms. The molecule has 0 spiro atoms. The number of nitrogen functional groups attached to an aromatic ring is 1. The van der Waals surface area contributed by atoms with Crippen LogP contribution in [0.1, 0.15) is 0 Å². The number of nitrogens with zero attached hydrogens (tertiary/aromatic N) is 4. The minimum absolute atomic E-state index is 0.338. The maximum absolute atomic E-state index is 12.9. The van der Waals surface area contributed by atoms with Gasteiger partial charge < -0.3 is 5.73 Å². The maximum atomic E-state index is 12.9. The van der Waals surface area contributed by atoms with Gasteiger partial charge in [0, 0.05) is 5.69 Å². The zero-order chi connectivity index (χ0) is 9.26. The van der Waals surface area contributed by atoms with Crippen LogP contribution < -0.4 is 5.73 Å². The first-order valence-electron chi connectivity index (χ1n) is 3.55. The van der Waals surface area contributed by atoms with E-state index in [1.54, 1.807) is 6.07 Å². The monoisotopic (exact) mass is 179 g/mol. The highest BCUT2D eigenvalue weighted by Gasteiger charge is 2.01. The lowest BCUT2D eigenvalue weighted by Crippen LogP contribution is -1.97. The van der Waals surface area contributed by atoms with Crippen LogP contribution in [0.25, 0.3) is 5.69 Å². The van der Waals surface area contributed by atoms with Crippen molar-refractivity contribution in [1.82, 2.24) is 20.2 Å². The van der Waals surface area contributed by atoms with Gasteiger partial charge in [0.25, 0.3) is 0 Å². The molecule has 0 aliphatic carbocycles. The average Bonchev–Trinajstić information content (AvgIpc) is 2.53. The number of tetrazole rings is 1. The molecule has 66 valence electrons. The first-order chi connectivity index (χ1) is 6.25. The molecule has 0 aliphatic rings. The summed E-state index contributed by atoms with van der Waals surface area (Å²) in [7, 11) is 0. The summed E-state index contributed by atoms with van der Waals surface area (Å²) >= 11 is 0.